The second kappa shape index (κ2) is 6.67. The molecule has 1 atom stereocenters. The van der Waals surface area contributed by atoms with Crippen LogP contribution in [-0.2, 0) is 0 Å². The standard InChI is InChI=1S/C21H17N3O4/c1-26-12-7-11(8-13(9-12)27-2)17-15(10-22)20(23)28-19-14-5-3-4-6-16(14)24-21(25)18(17)19/h3-9,17H,23H2,1-2H3,(H,24,25)/t17-/m0/s1. The number of aromatic nitrogens is 1. The molecule has 0 saturated carbocycles. The number of methoxy groups -OCH3 is 2. The fourth-order valence-corrected chi connectivity index (χ4v) is 3.50. The number of nitrogens with two attached hydrogens (primary N) is 1. The Morgan fingerprint density at radius 2 is 1.82 bits per heavy atom. The summed E-state index contributed by atoms with van der Waals surface area (Å²) >= 11 is 0. The molecule has 3 aromatic rings. The number of fused-ring (bicyclic) bond motifs is 3. The van der Waals surface area contributed by atoms with Gasteiger partial charge in [-0.1, -0.05) is 12.1 Å². The molecule has 0 fully saturated rings. The minimum atomic E-state index is -0.717. The highest BCUT2D eigenvalue weighted by atomic mass is 16.5. The van der Waals surface area contributed by atoms with Gasteiger partial charge in [0.25, 0.3) is 5.56 Å². The van der Waals surface area contributed by atoms with Gasteiger partial charge in [0.1, 0.15) is 28.9 Å². The van der Waals surface area contributed by atoms with Crippen LogP contribution in [0.2, 0.25) is 0 Å². The number of allylic oxidation sites excluding steroid dienone is 1. The molecule has 1 aromatic heterocycles. The number of ether oxygens (including phenoxy) is 3. The lowest BCUT2D eigenvalue weighted by Gasteiger charge is -2.27. The summed E-state index contributed by atoms with van der Waals surface area (Å²) in [6.07, 6.45) is 0. The zero-order valence-electron chi connectivity index (χ0n) is 15.3. The van der Waals surface area contributed by atoms with Gasteiger partial charge in [-0.25, -0.2) is 0 Å². The maximum atomic E-state index is 13.0. The van der Waals surface area contributed by atoms with Gasteiger partial charge in [-0.2, -0.15) is 5.26 Å². The lowest BCUT2D eigenvalue weighted by Crippen LogP contribution is -2.27. The van der Waals surface area contributed by atoms with E-state index in [2.05, 4.69) is 11.1 Å². The number of para-hydroxylation sites is 1. The zero-order valence-corrected chi connectivity index (χ0v) is 15.3. The van der Waals surface area contributed by atoms with Gasteiger partial charge in [-0.3, -0.25) is 4.79 Å². The predicted octanol–water partition coefficient (Wildman–Crippen LogP) is 2.76. The number of nitrogens with zero attached hydrogens (tertiary/aromatic N) is 1. The Bertz CT molecular complexity index is 1200. The van der Waals surface area contributed by atoms with Gasteiger partial charge in [0.2, 0.25) is 5.88 Å². The smallest absolute Gasteiger partial charge is 0.256 e. The van der Waals surface area contributed by atoms with Crippen molar-refractivity contribution in [2.45, 2.75) is 5.92 Å². The molecule has 0 saturated heterocycles. The largest absolute Gasteiger partial charge is 0.497 e. The summed E-state index contributed by atoms with van der Waals surface area (Å²) < 4.78 is 16.4. The molecule has 7 nitrogen and oxygen atoms in total. The van der Waals surface area contributed by atoms with Crippen LogP contribution in [0.15, 0.2) is 58.7 Å². The molecule has 0 spiro atoms. The quantitative estimate of drug-likeness (QED) is 0.728. The molecule has 7 heteroatoms. The number of benzene rings is 2. The Hall–Kier alpha value is -3.92. The molecule has 0 bridgehead atoms. The molecule has 28 heavy (non-hydrogen) atoms. The van der Waals surface area contributed by atoms with E-state index >= 15 is 0 Å². The van der Waals surface area contributed by atoms with E-state index in [0.717, 1.165) is 0 Å². The maximum absolute atomic E-state index is 13.0. The Morgan fingerprint density at radius 1 is 1.14 bits per heavy atom. The van der Waals surface area contributed by atoms with Crippen molar-refractivity contribution in [3.8, 4) is 23.3 Å². The summed E-state index contributed by atoms with van der Waals surface area (Å²) in [5.74, 6) is 0.678. The van der Waals surface area contributed by atoms with E-state index in [9.17, 15) is 10.1 Å². The molecule has 3 N–H and O–H groups in total. The number of nitriles is 1. The molecule has 0 radical (unpaired) electrons. The second-order valence-electron chi connectivity index (χ2n) is 6.31. The van der Waals surface area contributed by atoms with Crippen LogP contribution in [0.1, 0.15) is 17.0 Å². The van der Waals surface area contributed by atoms with Crippen molar-refractivity contribution in [1.29, 1.82) is 5.26 Å². The van der Waals surface area contributed by atoms with Gasteiger partial charge in [-0.15, -0.1) is 0 Å². The third-order valence-corrected chi connectivity index (χ3v) is 4.79. The first kappa shape index (κ1) is 17.5. The van der Waals surface area contributed by atoms with E-state index in [-0.39, 0.29) is 17.0 Å². The first-order valence-corrected chi connectivity index (χ1v) is 8.52. The maximum Gasteiger partial charge on any atom is 0.256 e. The molecule has 2 heterocycles. The molecule has 0 amide bonds. The predicted molar refractivity (Wildman–Crippen MR) is 103 cm³/mol. The number of hydrogen-bond donors (Lipinski definition) is 2. The third kappa shape index (κ3) is 2.63. The van der Waals surface area contributed by atoms with Crippen LogP contribution in [0.3, 0.4) is 0 Å². The summed E-state index contributed by atoms with van der Waals surface area (Å²) in [7, 11) is 3.07. The van der Waals surface area contributed by atoms with Crippen LogP contribution in [0.4, 0.5) is 0 Å². The molecule has 0 aliphatic carbocycles. The summed E-state index contributed by atoms with van der Waals surface area (Å²) in [4.78, 5) is 15.8. The van der Waals surface area contributed by atoms with Gasteiger partial charge in [0.05, 0.1) is 31.2 Å². The number of rotatable bonds is 3. The fraction of sp³-hybridized carbons (Fsp3) is 0.143. The first-order valence-electron chi connectivity index (χ1n) is 8.52. The Balaban J connectivity index is 2.07. The topological polar surface area (TPSA) is 110 Å². The minimum Gasteiger partial charge on any atom is -0.497 e. The summed E-state index contributed by atoms with van der Waals surface area (Å²) in [5, 5.41) is 10.4. The second-order valence-corrected chi connectivity index (χ2v) is 6.31. The van der Waals surface area contributed by atoms with Crippen molar-refractivity contribution in [3.63, 3.8) is 0 Å². The molecule has 1 aliphatic heterocycles. The molecule has 4 rings (SSSR count). The Labute approximate surface area is 160 Å². The number of nitrogens with one attached hydrogen (secondary N) is 1. The van der Waals surface area contributed by atoms with Crippen molar-refractivity contribution in [3.05, 3.63) is 75.4 Å². The van der Waals surface area contributed by atoms with Crippen molar-refractivity contribution in [1.82, 2.24) is 4.98 Å². The van der Waals surface area contributed by atoms with E-state index in [0.29, 0.717) is 39.3 Å². The number of pyridine rings is 1. The molecule has 0 unspecified atom stereocenters. The van der Waals surface area contributed by atoms with E-state index in [1.54, 1.807) is 24.3 Å². The van der Waals surface area contributed by atoms with Crippen LogP contribution in [0, 0.1) is 11.3 Å². The van der Waals surface area contributed by atoms with Gasteiger partial charge in [-0.05, 0) is 29.8 Å². The highest BCUT2D eigenvalue weighted by molar-refractivity contribution is 5.87. The SMILES string of the molecule is COc1cc(OC)cc([C@H]2C(C#N)=C(N)Oc3c2c(=O)[nH]c2ccccc32)c1. The van der Waals surface area contributed by atoms with E-state index < -0.39 is 5.92 Å². The van der Waals surface area contributed by atoms with Crippen LogP contribution in [0.5, 0.6) is 17.2 Å². The van der Waals surface area contributed by atoms with E-state index in [4.69, 9.17) is 19.9 Å². The summed E-state index contributed by atoms with van der Waals surface area (Å²) in [6, 6.07) is 14.6. The lowest BCUT2D eigenvalue weighted by atomic mass is 9.83. The van der Waals surface area contributed by atoms with E-state index in [1.165, 1.54) is 14.2 Å². The van der Waals surface area contributed by atoms with Gasteiger partial charge < -0.3 is 24.9 Å². The molecule has 2 aromatic carbocycles. The summed E-state index contributed by atoms with van der Waals surface area (Å²) in [5.41, 5.74) is 7.47. The number of aromatic amines is 1. The van der Waals surface area contributed by atoms with Crippen molar-refractivity contribution < 1.29 is 14.2 Å². The van der Waals surface area contributed by atoms with Gasteiger partial charge in [0.15, 0.2) is 0 Å². The van der Waals surface area contributed by atoms with Gasteiger partial charge in [0, 0.05) is 11.5 Å². The molecule has 1 aliphatic rings. The number of hydrogen-bond acceptors (Lipinski definition) is 6. The fourth-order valence-electron chi connectivity index (χ4n) is 3.50. The summed E-state index contributed by atoms with van der Waals surface area (Å²) in [6.45, 7) is 0. The Morgan fingerprint density at radius 3 is 2.46 bits per heavy atom. The van der Waals surface area contributed by atoms with Crippen molar-refractivity contribution in [2.75, 3.05) is 14.2 Å². The van der Waals surface area contributed by atoms with Crippen molar-refractivity contribution in [2.24, 2.45) is 5.73 Å². The zero-order chi connectivity index (χ0) is 19.8. The van der Waals surface area contributed by atoms with Gasteiger partial charge >= 0.3 is 0 Å². The highest BCUT2D eigenvalue weighted by Gasteiger charge is 2.35. The normalized spacial score (nSPS) is 15.5. The monoisotopic (exact) mass is 375 g/mol. The molecular formula is C21H17N3O4. The number of H-pyrrole nitrogens is 1. The van der Waals surface area contributed by atoms with E-state index in [1.807, 2.05) is 18.2 Å². The minimum absolute atomic E-state index is 0.0301. The Kier molecular flexibility index (Phi) is 4.17. The van der Waals surface area contributed by atoms with Crippen LogP contribution in [-0.4, -0.2) is 19.2 Å². The average Bonchev–Trinajstić information content (AvgIpc) is 2.72. The van der Waals surface area contributed by atoms with Crippen molar-refractivity contribution >= 4 is 10.9 Å². The molecular weight excluding hydrogens is 358 g/mol. The van der Waals surface area contributed by atoms with Crippen LogP contribution < -0.4 is 25.5 Å². The van der Waals surface area contributed by atoms with Crippen LogP contribution in [0.25, 0.3) is 10.9 Å². The third-order valence-electron chi connectivity index (χ3n) is 4.79. The van der Waals surface area contributed by atoms with Crippen LogP contribution >= 0.6 is 0 Å². The average molecular weight is 375 g/mol. The first-order chi connectivity index (χ1) is 13.6. The highest BCUT2D eigenvalue weighted by Crippen LogP contribution is 2.44. The molecule has 140 valence electrons. The lowest BCUT2D eigenvalue weighted by molar-refractivity contribution is 0.389.